The fraction of sp³-hybridized carbons (Fsp3) is 0.111. The maximum atomic E-state index is 12.4. The van der Waals surface area contributed by atoms with Gasteiger partial charge in [-0.25, -0.2) is 0 Å². The molecule has 0 bridgehead atoms. The Labute approximate surface area is 168 Å². The van der Waals surface area contributed by atoms with Crippen LogP contribution < -0.4 is 10.1 Å². The van der Waals surface area contributed by atoms with E-state index in [4.69, 9.17) is 4.74 Å². The van der Waals surface area contributed by atoms with Crippen molar-refractivity contribution < 1.29 is 9.53 Å². The van der Waals surface area contributed by atoms with Crippen molar-refractivity contribution in [2.75, 3.05) is 12.4 Å². The summed E-state index contributed by atoms with van der Waals surface area (Å²) in [6, 6.07) is 13.2. The van der Waals surface area contributed by atoms with Gasteiger partial charge in [0.2, 0.25) is 0 Å². The fourth-order valence-corrected chi connectivity index (χ4v) is 4.33. The smallest absolute Gasteiger partial charge is 0.266 e. The third kappa shape index (κ3) is 4.48. The van der Waals surface area contributed by atoms with Crippen LogP contribution in [0.4, 0.5) is 5.69 Å². The molecule has 0 aliphatic heterocycles. The first-order valence-electron chi connectivity index (χ1n) is 6.98. The zero-order valence-corrected chi connectivity index (χ0v) is 17.4. The van der Waals surface area contributed by atoms with E-state index in [1.54, 1.807) is 13.2 Å². The Balaban J connectivity index is 2.31. The van der Waals surface area contributed by atoms with E-state index >= 15 is 0 Å². The van der Waals surface area contributed by atoms with Crippen LogP contribution in [0.3, 0.4) is 0 Å². The van der Waals surface area contributed by atoms with Crippen molar-refractivity contribution in [3.8, 4) is 11.8 Å². The lowest BCUT2D eigenvalue weighted by Gasteiger charge is -2.09. The average molecular weight is 544 g/mol. The lowest BCUT2D eigenvalue weighted by atomic mass is 10.1. The number of halogens is 2. The standard InChI is InChI=1S/C18H14I2N2O2/c1-11-5-3-4-6-16(11)22-18(23)13(10-21)7-12-8-14(19)17(24-2)15(20)9-12/h3-9H,1-2H3,(H,22,23)/b13-7-. The molecule has 4 nitrogen and oxygen atoms in total. The summed E-state index contributed by atoms with van der Waals surface area (Å²) >= 11 is 4.34. The predicted molar refractivity (Wildman–Crippen MR) is 112 cm³/mol. The largest absolute Gasteiger partial charge is 0.495 e. The van der Waals surface area contributed by atoms with Gasteiger partial charge in [0.15, 0.2) is 0 Å². The summed E-state index contributed by atoms with van der Waals surface area (Å²) in [5, 5.41) is 12.1. The molecule has 122 valence electrons. The summed E-state index contributed by atoms with van der Waals surface area (Å²) in [4.78, 5) is 12.4. The number of hydrogen-bond acceptors (Lipinski definition) is 3. The van der Waals surface area contributed by atoms with Crippen LogP contribution in [0.25, 0.3) is 6.08 Å². The number of aryl methyl sites for hydroxylation is 1. The molecule has 1 amide bonds. The monoisotopic (exact) mass is 544 g/mol. The van der Waals surface area contributed by atoms with Gasteiger partial charge in [0.25, 0.3) is 5.91 Å². The second kappa shape index (κ2) is 8.48. The van der Waals surface area contributed by atoms with Crippen molar-refractivity contribution in [2.24, 2.45) is 0 Å². The van der Waals surface area contributed by atoms with Crippen LogP contribution in [0.15, 0.2) is 42.0 Å². The molecule has 0 fully saturated rings. The van der Waals surface area contributed by atoms with Crippen LogP contribution in [0, 0.1) is 25.4 Å². The van der Waals surface area contributed by atoms with Gasteiger partial charge in [-0.05, 0) is 87.5 Å². The van der Waals surface area contributed by atoms with Crippen molar-refractivity contribution in [1.82, 2.24) is 0 Å². The Morgan fingerprint density at radius 2 is 1.88 bits per heavy atom. The summed E-state index contributed by atoms with van der Waals surface area (Å²) in [6.07, 6.45) is 1.58. The third-order valence-corrected chi connectivity index (χ3v) is 4.90. The first-order valence-corrected chi connectivity index (χ1v) is 9.13. The highest BCUT2D eigenvalue weighted by Gasteiger charge is 2.12. The Kier molecular flexibility index (Phi) is 6.62. The Bertz CT molecular complexity index is 831. The molecule has 2 aromatic rings. The number of nitrogens with zero attached hydrogens (tertiary/aromatic N) is 1. The van der Waals surface area contributed by atoms with Crippen LogP contribution in [0.1, 0.15) is 11.1 Å². The molecule has 0 spiro atoms. The number of para-hydroxylation sites is 1. The molecule has 0 aromatic heterocycles. The summed E-state index contributed by atoms with van der Waals surface area (Å²) < 4.78 is 7.16. The normalized spacial score (nSPS) is 10.9. The number of nitriles is 1. The summed E-state index contributed by atoms with van der Waals surface area (Å²) in [7, 11) is 1.62. The number of ether oxygens (including phenoxy) is 1. The molecule has 2 rings (SSSR count). The van der Waals surface area contributed by atoms with Gasteiger partial charge in [-0.2, -0.15) is 5.26 Å². The summed E-state index contributed by atoms with van der Waals surface area (Å²) in [5.41, 5.74) is 2.47. The highest BCUT2D eigenvalue weighted by molar-refractivity contribution is 14.1. The van der Waals surface area contributed by atoms with E-state index in [0.29, 0.717) is 5.69 Å². The van der Waals surface area contributed by atoms with Crippen LogP contribution in [-0.2, 0) is 4.79 Å². The Morgan fingerprint density at radius 3 is 2.42 bits per heavy atom. The van der Waals surface area contributed by atoms with E-state index in [2.05, 4.69) is 50.5 Å². The summed E-state index contributed by atoms with van der Waals surface area (Å²) in [6.45, 7) is 1.90. The van der Waals surface area contributed by atoms with Gasteiger partial charge in [-0.3, -0.25) is 4.79 Å². The van der Waals surface area contributed by atoms with Crippen molar-refractivity contribution >= 4 is 62.9 Å². The maximum Gasteiger partial charge on any atom is 0.266 e. The summed E-state index contributed by atoms with van der Waals surface area (Å²) in [5.74, 6) is 0.365. The Morgan fingerprint density at radius 1 is 1.25 bits per heavy atom. The van der Waals surface area contributed by atoms with Crippen LogP contribution >= 0.6 is 45.2 Å². The molecule has 24 heavy (non-hydrogen) atoms. The minimum atomic E-state index is -0.423. The molecule has 0 atom stereocenters. The van der Waals surface area contributed by atoms with E-state index < -0.39 is 5.91 Å². The second-order valence-electron chi connectivity index (χ2n) is 4.96. The van der Waals surface area contributed by atoms with Crippen molar-refractivity contribution in [2.45, 2.75) is 6.92 Å². The molecule has 0 saturated heterocycles. The molecule has 6 heteroatoms. The highest BCUT2D eigenvalue weighted by Crippen LogP contribution is 2.29. The lowest BCUT2D eigenvalue weighted by molar-refractivity contribution is -0.112. The zero-order chi connectivity index (χ0) is 17.7. The number of hydrogen-bond donors (Lipinski definition) is 1. The van der Waals surface area contributed by atoms with Gasteiger partial charge >= 0.3 is 0 Å². The minimum Gasteiger partial charge on any atom is -0.495 e. The molecule has 0 aliphatic rings. The SMILES string of the molecule is COc1c(I)cc(/C=C(/C#N)C(=O)Nc2ccccc2C)cc1I. The highest BCUT2D eigenvalue weighted by atomic mass is 127. The molecule has 0 saturated carbocycles. The van der Waals surface area contributed by atoms with Crippen molar-refractivity contribution in [1.29, 1.82) is 5.26 Å². The fourth-order valence-electron chi connectivity index (χ4n) is 2.08. The van der Waals surface area contributed by atoms with E-state index in [9.17, 15) is 10.1 Å². The van der Waals surface area contributed by atoms with E-state index in [1.165, 1.54) is 0 Å². The van der Waals surface area contributed by atoms with Gasteiger partial charge in [-0.1, -0.05) is 18.2 Å². The minimum absolute atomic E-state index is 0.0509. The number of rotatable bonds is 4. The lowest BCUT2D eigenvalue weighted by Crippen LogP contribution is -2.14. The number of nitrogens with one attached hydrogen (secondary N) is 1. The quantitative estimate of drug-likeness (QED) is 0.344. The molecule has 0 aliphatic carbocycles. The third-order valence-electron chi connectivity index (χ3n) is 3.29. The topological polar surface area (TPSA) is 62.1 Å². The molecule has 0 heterocycles. The molecule has 2 aromatic carbocycles. The van der Waals surface area contributed by atoms with Crippen LogP contribution in [0.5, 0.6) is 5.75 Å². The van der Waals surface area contributed by atoms with Crippen LogP contribution in [0.2, 0.25) is 0 Å². The van der Waals surface area contributed by atoms with Crippen LogP contribution in [-0.4, -0.2) is 13.0 Å². The number of anilines is 1. The van der Waals surface area contributed by atoms with Gasteiger partial charge < -0.3 is 10.1 Å². The number of carbonyl (C=O) groups excluding carboxylic acids is 1. The number of carbonyl (C=O) groups is 1. The van der Waals surface area contributed by atoms with E-state index in [-0.39, 0.29) is 5.57 Å². The predicted octanol–water partition coefficient (Wildman–Crippen LogP) is 4.76. The first-order chi connectivity index (χ1) is 11.5. The van der Waals surface area contributed by atoms with Crippen molar-refractivity contribution in [3.63, 3.8) is 0 Å². The van der Waals surface area contributed by atoms with Gasteiger partial charge in [-0.15, -0.1) is 0 Å². The Hall–Kier alpha value is -1.60. The van der Waals surface area contributed by atoms with Gasteiger partial charge in [0, 0.05) is 5.69 Å². The number of amides is 1. The molecular weight excluding hydrogens is 530 g/mol. The molecular formula is C18H14I2N2O2. The molecule has 1 N–H and O–H groups in total. The van der Waals surface area contributed by atoms with E-state index in [1.807, 2.05) is 49.4 Å². The molecule has 0 radical (unpaired) electrons. The van der Waals surface area contributed by atoms with Gasteiger partial charge in [0.05, 0.1) is 14.3 Å². The number of benzene rings is 2. The number of methoxy groups -OCH3 is 1. The maximum absolute atomic E-state index is 12.4. The molecule has 0 unspecified atom stereocenters. The van der Waals surface area contributed by atoms with E-state index in [0.717, 1.165) is 24.0 Å². The second-order valence-corrected chi connectivity index (χ2v) is 7.28. The average Bonchev–Trinajstić information content (AvgIpc) is 2.54. The van der Waals surface area contributed by atoms with Crippen molar-refractivity contribution in [3.05, 3.63) is 60.2 Å². The first kappa shape index (κ1) is 18.7. The zero-order valence-electron chi connectivity index (χ0n) is 13.1. The van der Waals surface area contributed by atoms with Gasteiger partial charge in [0.1, 0.15) is 17.4 Å².